The van der Waals surface area contributed by atoms with Crippen LogP contribution in [0.1, 0.15) is 12.5 Å². The molecule has 1 aliphatic rings. The Labute approximate surface area is 130 Å². The molecule has 0 spiro atoms. The second-order valence-corrected chi connectivity index (χ2v) is 5.92. The minimum absolute atomic E-state index is 0.0830. The number of benzene rings is 1. The van der Waals surface area contributed by atoms with Gasteiger partial charge in [0.25, 0.3) is 0 Å². The van der Waals surface area contributed by atoms with Gasteiger partial charge in [-0.05, 0) is 27.1 Å². The fourth-order valence-corrected chi connectivity index (χ4v) is 2.59. The Morgan fingerprint density at radius 2 is 2.09 bits per heavy atom. The first-order valence-corrected chi connectivity index (χ1v) is 7.38. The van der Waals surface area contributed by atoms with Crippen molar-refractivity contribution in [3.05, 3.63) is 35.6 Å². The van der Waals surface area contributed by atoms with Crippen molar-refractivity contribution >= 4 is 5.91 Å². The summed E-state index contributed by atoms with van der Waals surface area (Å²) in [6.45, 7) is 2.76. The van der Waals surface area contributed by atoms with Crippen LogP contribution < -0.4 is 0 Å². The predicted octanol–water partition coefficient (Wildman–Crippen LogP) is 0.864. The maximum Gasteiger partial charge on any atom is 0.242 e. The number of aliphatic hydroxyl groups is 1. The van der Waals surface area contributed by atoms with Crippen LogP contribution >= 0.6 is 0 Å². The van der Waals surface area contributed by atoms with Gasteiger partial charge in [-0.1, -0.05) is 18.2 Å². The maximum absolute atomic E-state index is 13.5. The van der Waals surface area contributed by atoms with E-state index >= 15 is 0 Å². The zero-order valence-corrected chi connectivity index (χ0v) is 13.2. The number of aliphatic hydroxyl groups excluding tert-OH is 1. The van der Waals surface area contributed by atoms with Crippen molar-refractivity contribution in [1.29, 1.82) is 0 Å². The number of likely N-dealkylation sites (tertiary alicyclic amines) is 1. The fourth-order valence-electron chi connectivity index (χ4n) is 2.59. The van der Waals surface area contributed by atoms with Gasteiger partial charge in [-0.3, -0.25) is 9.69 Å². The third kappa shape index (κ3) is 3.82. The average Bonchev–Trinajstić information content (AvgIpc) is 2.37. The summed E-state index contributed by atoms with van der Waals surface area (Å²) in [5, 5.41) is 9.71. The standard InChI is InChI=1S/C16H23FN2O3/c1-11(20)15(18(2)3)16(21)19-8-13(9-19)22-10-12-6-4-5-7-14(12)17/h4-7,11,13,15,20H,8-10H2,1-3H3/t11-,15-/m0/s1. The van der Waals surface area contributed by atoms with Gasteiger partial charge in [0.05, 0.1) is 18.8 Å². The highest BCUT2D eigenvalue weighted by atomic mass is 19.1. The number of hydrogen-bond acceptors (Lipinski definition) is 4. The van der Waals surface area contributed by atoms with Crippen LogP contribution in [0.25, 0.3) is 0 Å². The Balaban J connectivity index is 1.80. The van der Waals surface area contributed by atoms with E-state index in [0.29, 0.717) is 18.7 Å². The van der Waals surface area contributed by atoms with Crippen LogP contribution in [0.3, 0.4) is 0 Å². The summed E-state index contributed by atoms with van der Waals surface area (Å²) in [6.07, 6.45) is -0.818. The van der Waals surface area contributed by atoms with Crippen LogP contribution in [-0.2, 0) is 16.1 Å². The van der Waals surface area contributed by atoms with Gasteiger partial charge >= 0.3 is 0 Å². The zero-order chi connectivity index (χ0) is 16.3. The molecule has 5 nitrogen and oxygen atoms in total. The average molecular weight is 310 g/mol. The Kier molecular flexibility index (Phi) is 5.50. The number of hydrogen-bond donors (Lipinski definition) is 1. The molecular weight excluding hydrogens is 287 g/mol. The first-order valence-electron chi connectivity index (χ1n) is 7.38. The lowest BCUT2D eigenvalue weighted by Gasteiger charge is -2.42. The Morgan fingerprint density at radius 1 is 1.45 bits per heavy atom. The van der Waals surface area contributed by atoms with Crippen LogP contribution in [0.2, 0.25) is 0 Å². The molecule has 0 unspecified atom stereocenters. The molecule has 1 amide bonds. The molecule has 1 heterocycles. The summed E-state index contributed by atoms with van der Waals surface area (Å²) in [5.41, 5.74) is 0.516. The molecule has 22 heavy (non-hydrogen) atoms. The van der Waals surface area contributed by atoms with Gasteiger partial charge in [0, 0.05) is 18.7 Å². The van der Waals surface area contributed by atoms with Crippen molar-refractivity contribution in [2.45, 2.75) is 31.8 Å². The third-order valence-electron chi connectivity index (χ3n) is 3.86. The normalized spacial score (nSPS) is 18.2. The summed E-state index contributed by atoms with van der Waals surface area (Å²) in [7, 11) is 3.53. The molecule has 1 aromatic rings. The first-order chi connectivity index (χ1) is 10.4. The molecule has 1 N–H and O–H groups in total. The lowest BCUT2D eigenvalue weighted by atomic mass is 10.1. The van der Waals surface area contributed by atoms with E-state index in [4.69, 9.17) is 4.74 Å². The Bertz CT molecular complexity index is 508. The van der Waals surface area contributed by atoms with Crippen LogP contribution in [0.5, 0.6) is 0 Å². The molecule has 0 saturated carbocycles. The molecule has 2 atom stereocenters. The second kappa shape index (κ2) is 7.17. The van der Waals surface area contributed by atoms with Crippen molar-refractivity contribution < 1.29 is 19.0 Å². The van der Waals surface area contributed by atoms with Crippen LogP contribution in [0.4, 0.5) is 4.39 Å². The van der Waals surface area contributed by atoms with E-state index in [2.05, 4.69) is 0 Å². The van der Waals surface area contributed by atoms with Gasteiger partial charge in [0.1, 0.15) is 11.9 Å². The zero-order valence-electron chi connectivity index (χ0n) is 13.2. The maximum atomic E-state index is 13.5. The molecule has 0 aromatic heterocycles. The van der Waals surface area contributed by atoms with Crippen molar-refractivity contribution in [3.63, 3.8) is 0 Å². The van der Waals surface area contributed by atoms with E-state index in [-0.39, 0.29) is 24.4 Å². The highest BCUT2D eigenvalue weighted by Gasteiger charge is 2.37. The van der Waals surface area contributed by atoms with Crippen molar-refractivity contribution in [3.8, 4) is 0 Å². The number of nitrogens with zero attached hydrogens (tertiary/aromatic N) is 2. The highest BCUT2D eigenvalue weighted by Crippen LogP contribution is 2.18. The molecule has 1 saturated heterocycles. The lowest BCUT2D eigenvalue weighted by Crippen LogP contribution is -2.61. The summed E-state index contributed by atoms with van der Waals surface area (Å²) in [6, 6.07) is 5.95. The Morgan fingerprint density at radius 3 is 2.64 bits per heavy atom. The molecule has 1 fully saturated rings. The van der Waals surface area contributed by atoms with Crippen LogP contribution in [-0.4, -0.2) is 66.2 Å². The van der Waals surface area contributed by atoms with Crippen molar-refractivity contribution in [1.82, 2.24) is 9.80 Å². The van der Waals surface area contributed by atoms with Crippen molar-refractivity contribution in [2.75, 3.05) is 27.2 Å². The van der Waals surface area contributed by atoms with Gasteiger partial charge < -0.3 is 14.7 Å². The largest absolute Gasteiger partial charge is 0.391 e. The summed E-state index contributed by atoms with van der Waals surface area (Å²) < 4.78 is 19.1. The Hall–Kier alpha value is -1.50. The monoisotopic (exact) mass is 310 g/mol. The fraction of sp³-hybridized carbons (Fsp3) is 0.562. The number of halogens is 1. The molecule has 1 aliphatic heterocycles. The topological polar surface area (TPSA) is 53.0 Å². The number of ether oxygens (including phenoxy) is 1. The van der Waals surface area contributed by atoms with Gasteiger partial charge in [-0.15, -0.1) is 0 Å². The van der Waals surface area contributed by atoms with Gasteiger partial charge in [0.2, 0.25) is 5.91 Å². The van der Waals surface area contributed by atoms with Crippen molar-refractivity contribution in [2.24, 2.45) is 0 Å². The van der Waals surface area contributed by atoms with E-state index in [1.165, 1.54) is 6.07 Å². The number of carbonyl (C=O) groups excluding carboxylic acids is 1. The molecule has 0 bridgehead atoms. The third-order valence-corrected chi connectivity index (χ3v) is 3.86. The summed E-state index contributed by atoms with van der Waals surface area (Å²) in [5.74, 6) is -0.387. The SMILES string of the molecule is C[C@H](O)[C@@H](C(=O)N1CC(OCc2ccccc2F)C1)N(C)C. The smallest absolute Gasteiger partial charge is 0.242 e. The predicted molar refractivity (Wildman–Crippen MR) is 80.7 cm³/mol. The summed E-state index contributed by atoms with van der Waals surface area (Å²) in [4.78, 5) is 15.7. The van der Waals surface area contributed by atoms with Gasteiger partial charge in [-0.25, -0.2) is 4.39 Å². The lowest BCUT2D eigenvalue weighted by molar-refractivity contribution is -0.154. The van der Waals surface area contributed by atoms with Crippen LogP contribution in [0, 0.1) is 5.82 Å². The minimum atomic E-state index is -0.735. The minimum Gasteiger partial charge on any atom is -0.391 e. The number of likely N-dealkylation sites (N-methyl/N-ethyl adjacent to an activating group) is 1. The number of carbonyl (C=O) groups is 1. The molecule has 0 aliphatic carbocycles. The van der Waals surface area contributed by atoms with Gasteiger partial charge in [0.15, 0.2) is 0 Å². The summed E-state index contributed by atoms with van der Waals surface area (Å²) >= 11 is 0. The highest BCUT2D eigenvalue weighted by molar-refractivity contribution is 5.83. The second-order valence-electron chi connectivity index (χ2n) is 5.92. The van der Waals surface area contributed by atoms with E-state index in [1.54, 1.807) is 49.0 Å². The van der Waals surface area contributed by atoms with Gasteiger partial charge in [-0.2, -0.15) is 0 Å². The number of amides is 1. The number of rotatable bonds is 6. The van der Waals surface area contributed by atoms with Crippen LogP contribution in [0.15, 0.2) is 24.3 Å². The molecule has 6 heteroatoms. The first kappa shape index (κ1) is 16.9. The molecule has 1 aromatic carbocycles. The molecule has 0 radical (unpaired) electrons. The van der Waals surface area contributed by atoms with E-state index in [0.717, 1.165) is 0 Å². The van der Waals surface area contributed by atoms with E-state index < -0.39 is 12.1 Å². The van der Waals surface area contributed by atoms with E-state index in [1.807, 2.05) is 0 Å². The molecular formula is C16H23FN2O3. The van der Waals surface area contributed by atoms with E-state index in [9.17, 15) is 14.3 Å². The molecule has 2 rings (SSSR count). The quantitative estimate of drug-likeness (QED) is 0.847. The molecule has 122 valence electrons.